The van der Waals surface area contributed by atoms with Crippen LogP contribution >= 0.6 is 27.5 Å². The number of hydrogen-bond acceptors (Lipinski definition) is 0. The molecule has 0 radical (unpaired) electrons. The summed E-state index contributed by atoms with van der Waals surface area (Å²) in [6.07, 6.45) is 0. The van der Waals surface area contributed by atoms with Crippen LogP contribution in [-0.4, -0.2) is 0 Å². The van der Waals surface area contributed by atoms with Crippen molar-refractivity contribution >= 4 is 27.5 Å². The number of alkyl halides is 1. The van der Waals surface area contributed by atoms with Gasteiger partial charge in [0.25, 0.3) is 0 Å². The number of benzene rings is 2. The Balaban J connectivity index is 2.41. The minimum Gasteiger partial charge on any atom is -0.207 e. The molecule has 0 amide bonds. The molecule has 0 fully saturated rings. The van der Waals surface area contributed by atoms with E-state index in [-0.39, 0.29) is 5.02 Å². The molecule has 2 rings (SSSR count). The average molecular weight is 336 g/mol. The van der Waals surface area contributed by atoms with Gasteiger partial charge >= 0.3 is 0 Å². The molecule has 0 heterocycles. The van der Waals surface area contributed by atoms with Crippen molar-refractivity contribution in [1.29, 1.82) is 0 Å². The summed E-state index contributed by atoms with van der Waals surface area (Å²) < 4.78 is 39.6. The zero-order chi connectivity index (χ0) is 13.3. The molecule has 1 unspecified atom stereocenters. The molecule has 0 nitrogen and oxygen atoms in total. The maximum atomic E-state index is 13.7. The summed E-state index contributed by atoms with van der Waals surface area (Å²) in [5.41, 5.74) is 0.737. The van der Waals surface area contributed by atoms with Gasteiger partial charge in [-0.3, -0.25) is 0 Å². The SMILES string of the molecule is Fc1ccc(C(Br)c2ccc(Cl)cc2F)cc1F. The zero-order valence-corrected chi connectivity index (χ0v) is 11.3. The topological polar surface area (TPSA) is 0 Å². The van der Waals surface area contributed by atoms with Gasteiger partial charge in [0.05, 0.1) is 4.83 Å². The van der Waals surface area contributed by atoms with Gasteiger partial charge in [0.15, 0.2) is 11.6 Å². The standard InChI is InChI=1S/C13H7BrClF3/c14-13(7-1-4-10(16)12(18)5-7)9-3-2-8(15)6-11(9)17/h1-6,13H. The Bertz CT molecular complexity index is 586. The van der Waals surface area contributed by atoms with E-state index < -0.39 is 22.3 Å². The van der Waals surface area contributed by atoms with Crippen LogP contribution in [0.25, 0.3) is 0 Å². The summed E-state index contributed by atoms with van der Waals surface area (Å²) in [5.74, 6) is -2.41. The van der Waals surface area contributed by atoms with Crippen molar-refractivity contribution in [2.45, 2.75) is 4.83 Å². The van der Waals surface area contributed by atoms with E-state index in [2.05, 4.69) is 15.9 Å². The van der Waals surface area contributed by atoms with Crippen molar-refractivity contribution in [3.05, 3.63) is 70.0 Å². The Hall–Kier alpha value is -1.00. The van der Waals surface area contributed by atoms with Gasteiger partial charge in [0, 0.05) is 10.6 Å². The van der Waals surface area contributed by atoms with Crippen LogP contribution < -0.4 is 0 Å². The van der Waals surface area contributed by atoms with Gasteiger partial charge in [0.2, 0.25) is 0 Å². The van der Waals surface area contributed by atoms with Gasteiger partial charge in [0.1, 0.15) is 5.82 Å². The molecule has 2 aromatic rings. The molecule has 0 saturated heterocycles. The lowest BCUT2D eigenvalue weighted by atomic mass is 10.0. The Kier molecular flexibility index (Phi) is 3.97. The molecule has 0 saturated carbocycles. The van der Waals surface area contributed by atoms with E-state index in [0.29, 0.717) is 11.1 Å². The molecule has 5 heteroatoms. The molecule has 18 heavy (non-hydrogen) atoms. The van der Waals surface area contributed by atoms with Gasteiger partial charge in [-0.15, -0.1) is 0 Å². The summed E-state index contributed by atoms with van der Waals surface area (Å²) in [6, 6.07) is 7.64. The summed E-state index contributed by atoms with van der Waals surface area (Å²) in [4.78, 5) is -0.565. The fourth-order valence-electron chi connectivity index (χ4n) is 1.56. The van der Waals surface area contributed by atoms with Crippen molar-refractivity contribution < 1.29 is 13.2 Å². The molecule has 2 aromatic carbocycles. The van der Waals surface area contributed by atoms with Gasteiger partial charge in [-0.2, -0.15) is 0 Å². The highest BCUT2D eigenvalue weighted by Gasteiger charge is 2.16. The minimum absolute atomic E-state index is 0.279. The fourth-order valence-corrected chi connectivity index (χ4v) is 2.37. The van der Waals surface area contributed by atoms with E-state index in [1.165, 1.54) is 24.3 Å². The van der Waals surface area contributed by atoms with E-state index >= 15 is 0 Å². The van der Waals surface area contributed by atoms with Crippen LogP contribution in [0.1, 0.15) is 16.0 Å². The second-order valence-electron chi connectivity index (χ2n) is 3.70. The van der Waals surface area contributed by atoms with Gasteiger partial charge in [-0.05, 0) is 29.8 Å². The quantitative estimate of drug-likeness (QED) is 0.658. The summed E-state index contributed by atoms with van der Waals surface area (Å²) in [6.45, 7) is 0. The molecular weight excluding hydrogens is 328 g/mol. The number of hydrogen-bond donors (Lipinski definition) is 0. The van der Waals surface area contributed by atoms with Crippen LogP contribution in [-0.2, 0) is 0 Å². The first kappa shape index (κ1) is 13.4. The predicted molar refractivity (Wildman–Crippen MR) is 68.5 cm³/mol. The first-order valence-corrected chi connectivity index (χ1v) is 6.32. The summed E-state index contributed by atoms with van der Waals surface area (Å²) in [7, 11) is 0. The lowest BCUT2D eigenvalue weighted by Gasteiger charge is -2.12. The maximum Gasteiger partial charge on any atom is 0.159 e. The second kappa shape index (κ2) is 5.33. The Morgan fingerprint density at radius 3 is 2.22 bits per heavy atom. The molecule has 0 aromatic heterocycles. The van der Waals surface area contributed by atoms with Gasteiger partial charge in [-0.1, -0.05) is 39.7 Å². The molecule has 0 spiro atoms. The van der Waals surface area contributed by atoms with Crippen molar-refractivity contribution in [3.8, 4) is 0 Å². The van der Waals surface area contributed by atoms with Crippen LogP contribution in [0.5, 0.6) is 0 Å². The van der Waals surface area contributed by atoms with E-state index in [1.54, 1.807) is 0 Å². The van der Waals surface area contributed by atoms with Crippen molar-refractivity contribution in [1.82, 2.24) is 0 Å². The van der Waals surface area contributed by atoms with Gasteiger partial charge in [-0.25, -0.2) is 13.2 Å². The van der Waals surface area contributed by atoms with Crippen LogP contribution in [0.15, 0.2) is 36.4 Å². The maximum absolute atomic E-state index is 13.7. The zero-order valence-electron chi connectivity index (χ0n) is 8.93. The predicted octanol–water partition coefficient (Wildman–Crippen LogP) is 5.24. The third-order valence-electron chi connectivity index (χ3n) is 2.47. The molecule has 0 bridgehead atoms. The normalized spacial score (nSPS) is 12.5. The average Bonchev–Trinajstić information content (AvgIpc) is 2.32. The minimum atomic E-state index is -0.966. The van der Waals surface area contributed by atoms with E-state index in [9.17, 15) is 13.2 Å². The number of rotatable bonds is 2. The van der Waals surface area contributed by atoms with Crippen molar-refractivity contribution in [2.75, 3.05) is 0 Å². The molecule has 0 aliphatic heterocycles. The third-order valence-corrected chi connectivity index (χ3v) is 3.73. The monoisotopic (exact) mass is 334 g/mol. The molecule has 0 N–H and O–H groups in total. The lowest BCUT2D eigenvalue weighted by Crippen LogP contribution is -1.98. The van der Waals surface area contributed by atoms with Crippen molar-refractivity contribution in [3.63, 3.8) is 0 Å². The Morgan fingerprint density at radius 2 is 1.61 bits per heavy atom. The lowest BCUT2D eigenvalue weighted by molar-refractivity contribution is 0.507. The smallest absolute Gasteiger partial charge is 0.159 e. The first-order chi connectivity index (χ1) is 8.49. The van der Waals surface area contributed by atoms with Crippen molar-refractivity contribution in [2.24, 2.45) is 0 Å². The highest BCUT2D eigenvalue weighted by molar-refractivity contribution is 9.09. The molecule has 0 aliphatic rings. The Morgan fingerprint density at radius 1 is 0.889 bits per heavy atom. The molecular formula is C13H7BrClF3. The highest BCUT2D eigenvalue weighted by Crippen LogP contribution is 2.33. The summed E-state index contributed by atoms with van der Waals surface area (Å²) in [5, 5.41) is 0.279. The molecule has 0 aliphatic carbocycles. The Labute approximate surface area is 116 Å². The highest BCUT2D eigenvalue weighted by atomic mass is 79.9. The van der Waals surface area contributed by atoms with Gasteiger partial charge < -0.3 is 0 Å². The third kappa shape index (κ3) is 2.70. The fraction of sp³-hybridized carbons (Fsp3) is 0.0769. The van der Waals surface area contributed by atoms with E-state index in [1.807, 2.05) is 0 Å². The molecule has 1 atom stereocenters. The van der Waals surface area contributed by atoms with E-state index in [4.69, 9.17) is 11.6 Å². The largest absolute Gasteiger partial charge is 0.207 e. The molecule has 94 valence electrons. The van der Waals surface area contributed by atoms with Crippen LogP contribution in [0.3, 0.4) is 0 Å². The van der Waals surface area contributed by atoms with Crippen LogP contribution in [0.4, 0.5) is 13.2 Å². The number of halogens is 5. The van der Waals surface area contributed by atoms with E-state index in [0.717, 1.165) is 12.1 Å². The van der Waals surface area contributed by atoms with Crippen LogP contribution in [0, 0.1) is 17.5 Å². The summed E-state index contributed by atoms with van der Waals surface area (Å²) >= 11 is 8.90. The van der Waals surface area contributed by atoms with Crippen LogP contribution in [0.2, 0.25) is 5.02 Å². The first-order valence-electron chi connectivity index (χ1n) is 5.03. The second-order valence-corrected chi connectivity index (χ2v) is 5.05.